The first kappa shape index (κ1) is 15.6. The fourth-order valence-corrected chi connectivity index (χ4v) is 1.57. The van der Waals surface area contributed by atoms with Gasteiger partial charge in [0.25, 0.3) is 0 Å². The molecule has 0 aromatic carbocycles. The molecule has 0 rings (SSSR count). The lowest BCUT2D eigenvalue weighted by atomic mass is 10.1. The highest BCUT2D eigenvalue weighted by atomic mass is 127. The van der Waals surface area contributed by atoms with E-state index in [1.54, 1.807) is 6.08 Å². The number of rotatable bonds is 7. The molecule has 0 bridgehead atoms. The summed E-state index contributed by atoms with van der Waals surface area (Å²) in [5.41, 5.74) is 2.24. The molecule has 0 unspecified atom stereocenters. The van der Waals surface area contributed by atoms with Gasteiger partial charge in [-0.15, -0.1) is 6.58 Å². The number of hydrogen-bond acceptors (Lipinski definition) is 1. The molecule has 0 radical (unpaired) electrons. The van der Waals surface area contributed by atoms with E-state index >= 15 is 0 Å². The van der Waals surface area contributed by atoms with Gasteiger partial charge in [0.2, 0.25) is 0 Å². The third-order valence-electron chi connectivity index (χ3n) is 2.17. The Balaban J connectivity index is 3.97. The molecule has 90 valence electrons. The highest BCUT2D eigenvalue weighted by molar-refractivity contribution is 14.1. The van der Waals surface area contributed by atoms with Gasteiger partial charge in [-0.05, 0) is 72.3 Å². The molecular formula is C14H21IO. The Morgan fingerprint density at radius 3 is 2.31 bits per heavy atom. The maximum atomic E-state index is 11.5. The minimum atomic E-state index is 0.218. The third kappa shape index (κ3) is 10.1. The predicted molar refractivity (Wildman–Crippen MR) is 79.8 cm³/mol. The van der Waals surface area contributed by atoms with Gasteiger partial charge in [0.1, 0.15) is 0 Å². The van der Waals surface area contributed by atoms with E-state index in [2.05, 4.69) is 42.2 Å². The van der Waals surface area contributed by atoms with Crippen LogP contribution in [-0.2, 0) is 4.79 Å². The first-order valence-corrected chi connectivity index (χ1v) is 6.66. The lowest BCUT2D eigenvalue weighted by molar-refractivity contribution is -0.114. The lowest BCUT2D eigenvalue weighted by Gasteiger charge is -1.99. The molecule has 1 nitrogen and oxygen atoms in total. The average Bonchev–Trinajstić information content (AvgIpc) is 2.14. The Kier molecular flexibility index (Phi) is 8.53. The molecule has 0 atom stereocenters. The van der Waals surface area contributed by atoms with Gasteiger partial charge in [0.15, 0.2) is 5.78 Å². The van der Waals surface area contributed by atoms with Gasteiger partial charge in [-0.25, -0.2) is 0 Å². The summed E-state index contributed by atoms with van der Waals surface area (Å²) in [6, 6.07) is 0. The highest BCUT2D eigenvalue weighted by Crippen LogP contribution is 2.11. The second kappa shape index (κ2) is 8.74. The smallest absolute Gasteiger partial charge is 0.155 e. The van der Waals surface area contributed by atoms with Crippen LogP contribution in [0.15, 0.2) is 33.5 Å². The molecule has 2 heteroatoms. The number of carbonyl (C=O) groups excluding carboxylic acids is 1. The maximum absolute atomic E-state index is 11.5. The van der Waals surface area contributed by atoms with Crippen molar-refractivity contribution in [3.63, 3.8) is 0 Å². The van der Waals surface area contributed by atoms with Gasteiger partial charge in [-0.1, -0.05) is 17.2 Å². The van der Waals surface area contributed by atoms with E-state index in [4.69, 9.17) is 0 Å². The summed E-state index contributed by atoms with van der Waals surface area (Å²) in [6.07, 6.45) is 7.35. The van der Waals surface area contributed by atoms with E-state index in [0.717, 1.165) is 24.8 Å². The van der Waals surface area contributed by atoms with E-state index in [0.29, 0.717) is 6.42 Å². The number of hydrogen-bond donors (Lipinski definition) is 0. The van der Waals surface area contributed by atoms with Gasteiger partial charge in [0.05, 0.1) is 0 Å². The van der Waals surface area contributed by atoms with Crippen LogP contribution in [0.1, 0.15) is 46.5 Å². The van der Waals surface area contributed by atoms with Crippen molar-refractivity contribution < 1.29 is 4.79 Å². The van der Waals surface area contributed by atoms with E-state index in [-0.39, 0.29) is 5.78 Å². The van der Waals surface area contributed by atoms with E-state index in [1.807, 2.05) is 13.8 Å². The fourth-order valence-electron chi connectivity index (χ4n) is 1.25. The molecule has 0 aromatic heterocycles. The molecule has 0 heterocycles. The highest BCUT2D eigenvalue weighted by Gasteiger charge is 1.99. The standard InChI is InChI=1S/C14H21IO/c1-11(2)8-9-14(16)10-12(3)6-5-7-13(4)15/h7,10H,1,5-6,8-9H2,2-4H3/b12-10-,13-7+. The Hall–Kier alpha value is -0.380. The minimum absolute atomic E-state index is 0.218. The van der Waals surface area contributed by atoms with Crippen LogP contribution in [0.25, 0.3) is 0 Å². The van der Waals surface area contributed by atoms with Gasteiger partial charge in [0, 0.05) is 6.42 Å². The second-order valence-corrected chi connectivity index (χ2v) is 5.95. The van der Waals surface area contributed by atoms with Crippen molar-refractivity contribution in [3.05, 3.63) is 33.5 Å². The zero-order chi connectivity index (χ0) is 12.6. The van der Waals surface area contributed by atoms with Crippen molar-refractivity contribution in [1.82, 2.24) is 0 Å². The summed E-state index contributed by atoms with van der Waals surface area (Å²) in [7, 11) is 0. The van der Waals surface area contributed by atoms with Crippen molar-refractivity contribution >= 4 is 28.4 Å². The molecule has 0 N–H and O–H groups in total. The number of ketones is 1. The Morgan fingerprint density at radius 2 is 1.81 bits per heavy atom. The fraction of sp³-hybridized carbons (Fsp3) is 0.500. The molecule has 0 aliphatic carbocycles. The number of allylic oxidation sites excluding steroid dienone is 5. The molecule has 0 fully saturated rings. The SMILES string of the molecule is C=C(C)CCC(=O)/C=C(/C)CC/C=C(\C)I. The van der Waals surface area contributed by atoms with Gasteiger partial charge >= 0.3 is 0 Å². The van der Waals surface area contributed by atoms with Gasteiger partial charge in [-0.2, -0.15) is 0 Å². The first-order valence-electron chi connectivity index (χ1n) is 5.58. The second-order valence-electron chi connectivity index (χ2n) is 4.24. The van der Waals surface area contributed by atoms with Crippen LogP contribution in [0.2, 0.25) is 0 Å². The monoisotopic (exact) mass is 332 g/mol. The maximum Gasteiger partial charge on any atom is 0.155 e. The normalized spacial score (nSPS) is 12.8. The minimum Gasteiger partial charge on any atom is -0.295 e. The molecule has 0 aliphatic rings. The first-order chi connectivity index (χ1) is 7.41. The Labute approximate surface area is 113 Å². The molecule has 16 heavy (non-hydrogen) atoms. The topological polar surface area (TPSA) is 17.1 Å². The van der Waals surface area contributed by atoms with Crippen LogP contribution in [-0.4, -0.2) is 5.78 Å². The summed E-state index contributed by atoms with van der Waals surface area (Å²) in [5, 5.41) is 0. The van der Waals surface area contributed by atoms with Crippen molar-refractivity contribution in [2.75, 3.05) is 0 Å². The molecule has 0 amide bonds. The van der Waals surface area contributed by atoms with E-state index in [9.17, 15) is 4.79 Å². The van der Waals surface area contributed by atoms with Crippen molar-refractivity contribution in [3.8, 4) is 0 Å². The van der Waals surface area contributed by atoms with Crippen molar-refractivity contribution in [2.24, 2.45) is 0 Å². The summed E-state index contributed by atoms with van der Waals surface area (Å²) in [6.45, 7) is 9.85. The summed E-state index contributed by atoms with van der Waals surface area (Å²) >= 11 is 2.30. The summed E-state index contributed by atoms with van der Waals surface area (Å²) in [5.74, 6) is 0.218. The van der Waals surface area contributed by atoms with Crippen LogP contribution < -0.4 is 0 Å². The Morgan fingerprint density at radius 1 is 1.19 bits per heavy atom. The zero-order valence-corrected chi connectivity index (χ0v) is 12.6. The van der Waals surface area contributed by atoms with Crippen LogP contribution in [0, 0.1) is 0 Å². The summed E-state index contributed by atoms with van der Waals surface area (Å²) < 4.78 is 1.30. The quantitative estimate of drug-likeness (QED) is 0.365. The molecule has 0 aliphatic heterocycles. The average molecular weight is 332 g/mol. The molecule has 0 saturated heterocycles. The summed E-state index contributed by atoms with van der Waals surface area (Å²) in [4.78, 5) is 11.5. The largest absolute Gasteiger partial charge is 0.295 e. The number of carbonyl (C=O) groups is 1. The van der Waals surface area contributed by atoms with E-state index in [1.165, 1.54) is 9.15 Å². The molecule has 0 spiro atoms. The van der Waals surface area contributed by atoms with Crippen LogP contribution in [0.5, 0.6) is 0 Å². The Bertz CT molecular complexity index is 307. The van der Waals surface area contributed by atoms with Crippen LogP contribution in [0.4, 0.5) is 0 Å². The van der Waals surface area contributed by atoms with Gasteiger partial charge < -0.3 is 0 Å². The van der Waals surface area contributed by atoms with Crippen LogP contribution >= 0.6 is 22.6 Å². The van der Waals surface area contributed by atoms with Crippen molar-refractivity contribution in [2.45, 2.75) is 46.5 Å². The van der Waals surface area contributed by atoms with Crippen molar-refractivity contribution in [1.29, 1.82) is 0 Å². The van der Waals surface area contributed by atoms with Gasteiger partial charge in [-0.3, -0.25) is 4.79 Å². The third-order valence-corrected chi connectivity index (χ3v) is 2.61. The molecule has 0 aromatic rings. The van der Waals surface area contributed by atoms with Crippen LogP contribution in [0.3, 0.4) is 0 Å². The van der Waals surface area contributed by atoms with E-state index < -0.39 is 0 Å². The number of halogens is 1. The predicted octanol–water partition coefficient (Wildman–Crippen LogP) is 4.98. The lowest BCUT2D eigenvalue weighted by Crippen LogP contribution is -1.94. The molecule has 0 saturated carbocycles. The molecular weight excluding hydrogens is 311 g/mol. The zero-order valence-electron chi connectivity index (χ0n) is 10.5.